The summed E-state index contributed by atoms with van der Waals surface area (Å²) in [5.41, 5.74) is -1.35. The first kappa shape index (κ1) is 53.6. The maximum absolute atomic E-state index is 12.5. The van der Waals surface area contributed by atoms with Gasteiger partial charge in [-0.1, -0.05) is 72.8 Å². The predicted octanol–water partition coefficient (Wildman–Crippen LogP) is 10.8. The Morgan fingerprint density at radius 3 is 0.971 bits per heavy atom. The van der Waals surface area contributed by atoms with Crippen LogP contribution < -0.4 is 19.7 Å². The van der Waals surface area contributed by atoms with Crippen molar-refractivity contribution in [2.45, 2.75) is 47.4 Å². The van der Waals surface area contributed by atoms with Crippen LogP contribution >= 0.6 is 0 Å². The summed E-state index contributed by atoms with van der Waals surface area (Å²) in [5.74, 6) is -25.0. The number of carbonyl (C=O) groups is 2. The van der Waals surface area contributed by atoms with Crippen molar-refractivity contribution in [3.05, 3.63) is 205 Å². The Kier molecular flexibility index (Phi) is 19.0. The minimum atomic E-state index is -6.64. The molecule has 356 valence electrons. The monoisotopic (exact) mass is 992 g/mol. The zero-order valence-corrected chi connectivity index (χ0v) is 36.8. The number of aromatic carboxylic acids is 1. The highest BCUT2D eigenvalue weighted by molar-refractivity contribution is 7.97. The molecule has 0 saturated heterocycles. The molecule has 0 saturated carbocycles. The van der Waals surface area contributed by atoms with Crippen molar-refractivity contribution in [3.63, 3.8) is 0 Å². The minimum absolute atomic E-state index is 0.0169. The molecule has 0 atom stereocenters. The van der Waals surface area contributed by atoms with Crippen LogP contribution in [-0.2, 0) is 26.6 Å². The second kappa shape index (κ2) is 24.2. The Labute approximate surface area is 387 Å². The summed E-state index contributed by atoms with van der Waals surface area (Å²) >= 11 is 0. The fourth-order valence-corrected chi connectivity index (χ4v) is 9.66. The second-order valence-electron chi connectivity index (χ2n) is 13.3. The summed E-state index contributed by atoms with van der Waals surface area (Å²) in [4.78, 5) is 27.2. The van der Waals surface area contributed by atoms with E-state index in [0.717, 1.165) is 11.5 Å². The van der Waals surface area contributed by atoms with Crippen LogP contribution in [0, 0.1) is 23.3 Å². The van der Waals surface area contributed by atoms with Crippen molar-refractivity contribution in [3.8, 4) is 11.5 Å². The Bertz CT molecular complexity index is 2480. The molecule has 0 unspecified atom stereocenters. The number of aliphatic carboxylic acids is 1. The number of ether oxygens (including phenoxy) is 2. The van der Waals surface area contributed by atoms with E-state index in [0.29, 0.717) is 0 Å². The van der Waals surface area contributed by atoms with E-state index in [-0.39, 0.29) is 27.9 Å². The third kappa shape index (κ3) is 13.6. The second-order valence-corrected chi connectivity index (χ2v) is 17.3. The van der Waals surface area contributed by atoms with Crippen LogP contribution in [0.1, 0.15) is 10.4 Å². The van der Waals surface area contributed by atoms with E-state index in [2.05, 4.69) is 146 Å². The van der Waals surface area contributed by atoms with E-state index in [1.807, 2.05) is 24.3 Å². The van der Waals surface area contributed by atoms with Gasteiger partial charge in [-0.2, -0.15) is 30.7 Å². The van der Waals surface area contributed by atoms with Crippen LogP contribution in [0.25, 0.3) is 0 Å². The molecule has 68 heavy (non-hydrogen) atoms. The number of carboxylic acid groups (broad SMARTS) is 2. The van der Waals surface area contributed by atoms with E-state index >= 15 is 0 Å². The molecule has 7 rings (SSSR count). The summed E-state index contributed by atoms with van der Waals surface area (Å²) in [6, 6.07) is 59.3. The first-order valence-electron chi connectivity index (χ1n) is 19.2. The van der Waals surface area contributed by atoms with E-state index in [9.17, 15) is 68.1 Å². The maximum Gasteiger partial charge on any atom is 0.460 e. The molecule has 7 aromatic carbocycles. The molecule has 0 bridgehead atoms. The molecule has 0 radical (unpaired) electrons. The molecular formula is C49H35F11O6S2. The molecule has 7 aromatic rings. The normalized spacial score (nSPS) is 11.2. The van der Waals surface area contributed by atoms with Gasteiger partial charge in [-0.05, 0) is 103 Å². The third-order valence-electron chi connectivity index (χ3n) is 8.84. The predicted molar refractivity (Wildman–Crippen MR) is 228 cm³/mol. The summed E-state index contributed by atoms with van der Waals surface area (Å²) in [5, 5.41) is 19.3. The Morgan fingerprint density at radius 1 is 0.441 bits per heavy atom. The lowest BCUT2D eigenvalue weighted by Gasteiger charge is -2.28. The molecule has 0 N–H and O–H groups in total. The number of hydrogen-bond acceptors (Lipinski definition) is 6. The number of rotatable bonds is 11. The largest absolute Gasteiger partial charge is 0.545 e. The van der Waals surface area contributed by atoms with E-state index in [1.54, 1.807) is 14.2 Å². The molecule has 0 heterocycles. The standard InChI is InChI=1S/2C19H17OS.C7H2F4O2.C4HF7O2/c2*1-20-16-12-14-19(15-13-16)21(17-8-4-2-5-9-17)18-10-6-3-7-11-18;8-3-1-2(7(12)13)4(9)6(11)5(3)10;5-2(6,1(12)13)3(7,8)4(9,10)11/h2*2-15H,1H3;1H,(H,12,13);(H,12,13)/q2*+1;;/p-2. The van der Waals surface area contributed by atoms with Crippen molar-refractivity contribution in [2.24, 2.45) is 0 Å². The number of benzene rings is 7. The van der Waals surface area contributed by atoms with Crippen molar-refractivity contribution in [1.82, 2.24) is 0 Å². The van der Waals surface area contributed by atoms with Crippen molar-refractivity contribution in [1.29, 1.82) is 0 Å². The van der Waals surface area contributed by atoms with Crippen LogP contribution in [0.2, 0.25) is 0 Å². The Hall–Kier alpha value is -6.99. The van der Waals surface area contributed by atoms with Gasteiger partial charge in [-0.3, -0.25) is 0 Å². The Morgan fingerprint density at radius 2 is 0.735 bits per heavy atom. The molecule has 6 nitrogen and oxygen atoms in total. The van der Waals surface area contributed by atoms with Gasteiger partial charge in [0.05, 0.1) is 42.0 Å². The third-order valence-corrected chi connectivity index (χ3v) is 13.3. The number of methoxy groups -OCH3 is 2. The van der Waals surface area contributed by atoms with Gasteiger partial charge in [0.15, 0.2) is 52.6 Å². The van der Waals surface area contributed by atoms with Gasteiger partial charge < -0.3 is 29.3 Å². The fourth-order valence-electron chi connectivity index (χ4n) is 5.49. The van der Waals surface area contributed by atoms with Gasteiger partial charge >= 0.3 is 18.0 Å². The topological polar surface area (TPSA) is 98.7 Å². The van der Waals surface area contributed by atoms with E-state index in [1.165, 1.54) is 29.4 Å². The molecule has 0 aliphatic carbocycles. The van der Waals surface area contributed by atoms with Crippen LogP contribution in [0.4, 0.5) is 48.3 Å². The van der Waals surface area contributed by atoms with Crippen molar-refractivity contribution >= 4 is 33.7 Å². The van der Waals surface area contributed by atoms with Gasteiger partial charge in [0.1, 0.15) is 17.5 Å². The van der Waals surface area contributed by atoms with E-state index in [4.69, 9.17) is 9.47 Å². The zero-order valence-electron chi connectivity index (χ0n) is 35.2. The lowest BCUT2D eigenvalue weighted by molar-refractivity contribution is -0.387. The van der Waals surface area contributed by atoms with Gasteiger partial charge in [0, 0.05) is 5.56 Å². The molecule has 0 aromatic heterocycles. The SMILES string of the molecule is COc1ccc([S+](c2ccccc2)c2ccccc2)cc1.COc1ccc([S+](c2ccccc2)c2ccccc2)cc1.O=C([O-])C(F)(F)C(F)(F)C(F)(F)F.O=C([O-])c1cc(F)c(F)c(F)c1F. The smallest absolute Gasteiger partial charge is 0.460 e. The first-order valence-corrected chi connectivity index (χ1v) is 21.7. The highest BCUT2D eigenvalue weighted by Gasteiger charge is 2.73. The van der Waals surface area contributed by atoms with Gasteiger partial charge in [0.25, 0.3) is 0 Å². The lowest BCUT2D eigenvalue weighted by atomic mass is 10.1. The van der Waals surface area contributed by atoms with E-state index < -0.39 is 58.8 Å². The number of hydrogen-bond donors (Lipinski definition) is 0. The minimum Gasteiger partial charge on any atom is -0.545 e. The van der Waals surface area contributed by atoms with Crippen LogP contribution in [-0.4, -0.2) is 44.2 Å². The number of carboxylic acids is 2. The summed E-state index contributed by atoms with van der Waals surface area (Å²) in [6.07, 6.45) is -6.64. The number of carbonyl (C=O) groups excluding carboxylic acids is 2. The molecule has 19 heteroatoms. The number of alkyl halides is 7. The van der Waals surface area contributed by atoms with Crippen molar-refractivity contribution < 1.29 is 77.6 Å². The van der Waals surface area contributed by atoms with Crippen molar-refractivity contribution in [2.75, 3.05) is 14.2 Å². The average Bonchev–Trinajstić information content (AvgIpc) is 3.34. The lowest BCUT2D eigenvalue weighted by Crippen LogP contribution is -2.60. The van der Waals surface area contributed by atoms with Crippen LogP contribution in [0.5, 0.6) is 11.5 Å². The summed E-state index contributed by atoms with van der Waals surface area (Å²) in [6.45, 7) is 0. The number of halogens is 11. The van der Waals surface area contributed by atoms with Crippen LogP contribution in [0.15, 0.2) is 205 Å². The quantitative estimate of drug-likeness (QED) is 0.0554. The molecule has 0 amide bonds. The molecular weight excluding hydrogens is 958 g/mol. The van der Waals surface area contributed by atoms with Crippen LogP contribution in [0.3, 0.4) is 0 Å². The highest BCUT2D eigenvalue weighted by Crippen LogP contribution is 2.46. The average molecular weight is 993 g/mol. The Balaban J connectivity index is 0.000000204. The molecule has 0 aliphatic heterocycles. The fraction of sp³-hybridized carbons (Fsp3) is 0.102. The summed E-state index contributed by atoms with van der Waals surface area (Å²) < 4.78 is 140. The molecule has 0 spiro atoms. The highest BCUT2D eigenvalue weighted by atomic mass is 32.2. The zero-order chi connectivity index (χ0) is 50.2. The van der Waals surface area contributed by atoms with Gasteiger partial charge in [-0.25, -0.2) is 17.6 Å². The maximum atomic E-state index is 12.5. The molecule has 0 aliphatic rings. The first-order chi connectivity index (χ1) is 32.2. The van der Waals surface area contributed by atoms with Gasteiger partial charge in [0.2, 0.25) is 0 Å². The molecule has 0 fully saturated rings. The van der Waals surface area contributed by atoms with Gasteiger partial charge in [-0.15, -0.1) is 0 Å². The summed E-state index contributed by atoms with van der Waals surface area (Å²) in [7, 11) is 3.23.